The minimum Gasteiger partial charge on any atom is -0.378 e. The second-order valence-corrected chi connectivity index (χ2v) is 5.44. The minimum absolute atomic E-state index is 0.355. The van der Waals surface area contributed by atoms with Gasteiger partial charge in [0.05, 0.1) is 19.3 Å². The third-order valence-electron chi connectivity index (χ3n) is 4.22. The Balaban J connectivity index is 2.04. The summed E-state index contributed by atoms with van der Waals surface area (Å²) in [5.41, 5.74) is 1.19. The molecule has 2 saturated heterocycles. The zero-order valence-corrected chi connectivity index (χ0v) is 11.0. The molecule has 2 heterocycles. The van der Waals surface area contributed by atoms with E-state index >= 15 is 0 Å². The molecular weight excluding hydrogens is 216 g/mol. The van der Waals surface area contributed by atoms with Gasteiger partial charge in [0.2, 0.25) is 0 Å². The van der Waals surface area contributed by atoms with Gasteiger partial charge in [0, 0.05) is 6.61 Å². The highest BCUT2D eigenvalue weighted by atomic mass is 16.7. The van der Waals surface area contributed by atoms with Gasteiger partial charge in [-0.25, -0.2) is 0 Å². The van der Waals surface area contributed by atoms with Crippen LogP contribution in [0.2, 0.25) is 0 Å². The summed E-state index contributed by atoms with van der Waals surface area (Å²) in [5, 5.41) is 0. The van der Waals surface area contributed by atoms with Gasteiger partial charge < -0.3 is 14.2 Å². The lowest BCUT2D eigenvalue weighted by molar-refractivity contribution is -0.102. The average Bonchev–Trinajstić information content (AvgIpc) is 2.32. The molecular formula is C14H24O3. The lowest BCUT2D eigenvalue weighted by Gasteiger charge is -2.41. The molecule has 0 bridgehead atoms. The number of rotatable bonds is 0. The molecule has 0 aliphatic carbocycles. The molecule has 0 aromatic rings. The molecule has 4 unspecified atom stereocenters. The predicted molar refractivity (Wildman–Crippen MR) is 66.7 cm³/mol. The van der Waals surface area contributed by atoms with Crippen LogP contribution < -0.4 is 0 Å². The van der Waals surface area contributed by atoms with Crippen LogP contribution in [0.1, 0.15) is 26.7 Å². The van der Waals surface area contributed by atoms with Crippen molar-refractivity contribution in [1.82, 2.24) is 0 Å². The Bertz CT molecular complexity index is 264. The third-order valence-corrected chi connectivity index (χ3v) is 4.22. The van der Waals surface area contributed by atoms with E-state index in [1.165, 1.54) is 5.57 Å². The molecule has 2 rings (SSSR count). The van der Waals surface area contributed by atoms with Gasteiger partial charge in [0.25, 0.3) is 0 Å². The van der Waals surface area contributed by atoms with Crippen molar-refractivity contribution in [3.05, 3.63) is 12.2 Å². The largest absolute Gasteiger partial charge is 0.378 e. The van der Waals surface area contributed by atoms with Crippen LogP contribution in [0.3, 0.4) is 0 Å². The highest BCUT2D eigenvalue weighted by Crippen LogP contribution is 2.37. The molecule has 2 aliphatic heterocycles. The van der Waals surface area contributed by atoms with Crippen molar-refractivity contribution < 1.29 is 14.2 Å². The molecule has 2 fully saturated rings. The average molecular weight is 240 g/mol. The third kappa shape index (κ3) is 3.30. The fraction of sp³-hybridized carbons (Fsp3) is 0.857. The van der Waals surface area contributed by atoms with Crippen LogP contribution >= 0.6 is 0 Å². The maximum atomic E-state index is 5.85. The van der Waals surface area contributed by atoms with Crippen molar-refractivity contribution in [1.29, 1.82) is 0 Å². The van der Waals surface area contributed by atoms with Gasteiger partial charge in [-0.3, -0.25) is 0 Å². The van der Waals surface area contributed by atoms with E-state index in [2.05, 4.69) is 20.4 Å². The number of hydrogen-bond donors (Lipinski definition) is 0. The second kappa shape index (κ2) is 5.98. The Labute approximate surface area is 104 Å². The first kappa shape index (κ1) is 13.1. The summed E-state index contributed by atoms with van der Waals surface area (Å²) >= 11 is 0. The van der Waals surface area contributed by atoms with Crippen LogP contribution in [0.5, 0.6) is 0 Å². The van der Waals surface area contributed by atoms with Crippen molar-refractivity contribution in [2.45, 2.75) is 32.8 Å². The number of ether oxygens (including phenoxy) is 3. The van der Waals surface area contributed by atoms with E-state index in [0.717, 1.165) is 26.1 Å². The Hall–Kier alpha value is -0.380. The molecule has 0 N–H and O–H groups in total. The summed E-state index contributed by atoms with van der Waals surface area (Å²) in [4.78, 5) is 0. The van der Waals surface area contributed by atoms with Gasteiger partial charge in [-0.05, 0) is 37.5 Å². The summed E-state index contributed by atoms with van der Waals surface area (Å²) < 4.78 is 16.7. The SMILES string of the molecule is C=C1COCOCCC2COC(C)C(C)C2C1. The predicted octanol–water partition coefficient (Wildman–Crippen LogP) is 2.61. The Kier molecular flexibility index (Phi) is 4.60. The maximum absolute atomic E-state index is 5.85. The Morgan fingerprint density at radius 3 is 2.88 bits per heavy atom. The normalized spacial score (nSPS) is 40.7. The topological polar surface area (TPSA) is 27.7 Å². The van der Waals surface area contributed by atoms with Crippen LogP contribution in [-0.2, 0) is 14.2 Å². The highest BCUT2D eigenvalue weighted by Gasteiger charge is 2.35. The molecule has 0 aromatic carbocycles. The molecule has 2 aliphatic rings. The molecule has 17 heavy (non-hydrogen) atoms. The zero-order chi connectivity index (χ0) is 12.3. The van der Waals surface area contributed by atoms with Crippen molar-refractivity contribution in [3.8, 4) is 0 Å². The highest BCUT2D eigenvalue weighted by molar-refractivity contribution is 4.99. The van der Waals surface area contributed by atoms with Crippen molar-refractivity contribution in [3.63, 3.8) is 0 Å². The van der Waals surface area contributed by atoms with E-state index in [1.54, 1.807) is 0 Å². The Morgan fingerprint density at radius 2 is 2.06 bits per heavy atom. The van der Waals surface area contributed by atoms with Gasteiger partial charge in [-0.1, -0.05) is 19.1 Å². The van der Waals surface area contributed by atoms with Crippen LogP contribution in [0.4, 0.5) is 0 Å². The van der Waals surface area contributed by atoms with Crippen molar-refractivity contribution in [2.75, 3.05) is 26.6 Å². The monoisotopic (exact) mass is 240 g/mol. The first-order valence-corrected chi connectivity index (χ1v) is 6.62. The quantitative estimate of drug-likeness (QED) is 0.609. The van der Waals surface area contributed by atoms with E-state index < -0.39 is 0 Å². The fourth-order valence-electron chi connectivity index (χ4n) is 2.91. The van der Waals surface area contributed by atoms with Gasteiger partial charge in [-0.2, -0.15) is 0 Å². The standard InChI is InChI=1S/C14H24O3/c1-10-6-14-11(2)12(3)17-8-13(14)4-5-15-9-16-7-10/h11-14H,1,4-9H2,2-3H3. The van der Waals surface area contributed by atoms with Crippen LogP contribution in [0.25, 0.3) is 0 Å². The summed E-state index contributed by atoms with van der Waals surface area (Å²) in [6.07, 6.45) is 2.49. The van der Waals surface area contributed by atoms with Crippen molar-refractivity contribution in [2.24, 2.45) is 17.8 Å². The van der Waals surface area contributed by atoms with E-state index in [1.807, 2.05) is 0 Å². The molecule has 98 valence electrons. The van der Waals surface area contributed by atoms with Crippen LogP contribution in [0.15, 0.2) is 12.2 Å². The Morgan fingerprint density at radius 1 is 1.24 bits per heavy atom. The lowest BCUT2D eigenvalue weighted by Crippen LogP contribution is -2.40. The first-order chi connectivity index (χ1) is 8.18. The molecule has 3 heteroatoms. The molecule has 0 amide bonds. The maximum Gasteiger partial charge on any atom is 0.147 e. The molecule has 0 saturated carbocycles. The minimum atomic E-state index is 0.355. The van der Waals surface area contributed by atoms with E-state index in [4.69, 9.17) is 14.2 Å². The molecule has 3 nitrogen and oxygen atoms in total. The molecule has 0 aromatic heterocycles. The lowest BCUT2D eigenvalue weighted by atomic mass is 9.73. The zero-order valence-electron chi connectivity index (χ0n) is 11.0. The van der Waals surface area contributed by atoms with E-state index in [-0.39, 0.29) is 0 Å². The van der Waals surface area contributed by atoms with Crippen LogP contribution in [-0.4, -0.2) is 32.7 Å². The van der Waals surface area contributed by atoms with Gasteiger partial charge in [0.15, 0.2) is 0 Å². The smallest absolute Gasteiger partial charge is 0.147 e. The molecule has 0 radical (unpaired) electrons. The van der Waals surface area contributed by atoms with E-state index in [9.17, 15) is 0 Å². The van der Waals surface area contributed by atoms with Gasteiger partial charge in [-0.15, -0.1) is 0 Å². The summed E-state index contributed by atoms with van der Waals surface area (Å²) in [6.45, 7) is 11.3. The summed E-state index contributed by atoms with van der Waals surface area (Å²) in [7, 11) is 0. The molecule has 4 atom stereocenters. The van der Waals surface area contributed by atoms with Gasteiger partial charge >= 0.3 is 0 Å². The molecule has 0 spiro atoms. The van der Waals surface area contributed by atoms with Gasteiger partial charge in [0.1, 0.15) is 6.79 Å². The summed E-state index contributed by atoms with van der Waals surface area (Å²) in [6, 6.07) is 0. The van der Waals surface area contributed by atoms with E-state index in [0.29, 0.717) is 37.3 Å². The number of hydrogen-bond acceptors (Lipinski definition) is 3. The fourth-order valence-corrected chi connectivity index (χ4v) is 2.91. The summed E-state index contributed by atoms with van der Waals surface area (Å²) in [5.74, 6) is 1.86. The van der Waals surface area contributed by atoms with Crippen molar-refractivity contribution >= 4 is 0 Å². The number of fused-ring (bicyclic) bond motifs is 1. The first-order valence-electron chi connectivity index (χ1n) is 6.62. The second-order valence-electron chi connectivity index (χ2n) is 5.44. The van der Waals surface area contributed by atoms with Crippen LogP contribution in [0, 0.1) is 17.8 Å².